The summed E-state index contributed by atoms with van der Waals surface area (Å²) in [4.78, 5) is 24.3. The molecule has 2 amide bonds. The molecule has 0 aliphatic carbocycles. The van der Waals surface area contributed by atoms with Gasteiger partial charge in [-0.15, -0.1) is 10.2 Å². The number of aromatic nitrogens is 4. The van der Waals surface area contributed by atoms with Crippen molar-refractivity contribution in [1.29, 1.82) is 0 Å². The highest BCUT2D eigenvalue weighted by molar-refractivity contribution is 5.93. The third-order valence-corrected chi connectivity index (χ3v) is 3.97. The zero-order valence-corrected chi connectivity index (χ0v) is 14.8. The third-order valence-electron chi connectivity index (χ3n) is 3.97. The summed E-state index contributed by atoms with van der Waals surface area (Å²) in [5.41, 5.74) is 6.29. The summed E-state index contributed by atoms with van der Waals surface area (Å²) in [5, 5.41) is 14.3. The van der Waals surface area contributed by atoms with Crippen molar-refractivity contribution in [3.63, 3.8) is 0 Å². The average Bonchev–Trinajstić information content (AvgIpc) is 3.09. The van der Waals surface area contributed by atoms with E-state index in [2.05, 4.69) is 20.7 Å². The van der Waals surface area contributed by atoms with Crippen LogP contribution in [0.25, 0.3) is 11.4 Å². The summed E-state index contributed by atoms with van der Waals surface area (Å²) in [6, 6.07) is 8.77. The lowest BCUT2D eigenvalue weighted by molar-refractivity contribution is -0.122. The number of hydrogen-bond acceptors (Lipinski definition) is 5. The van der Waals surface area contributed by atoms with Crippen molar-refractivity contribution < 1.29 is 18.4 Å². The molecule has 2 aromatic carbocycles. The van der Waals surface area contributed by atoms with Crippen LogP contribution in [0.5, 0.6) is 0 Å². The van der Waals surface area contributed by atoms with Gasteiger partial charge in [-0.1, -0.05) is 18.2 Å². The van der Waals surface area contributed by atoms with Crippen LogP contribution in [0.1, 0.15) is 28.9 Å². The van der Waals surface area contributed by atoms with Crippen LogP contribution in [0, 0.1) is 11.6 Å². The van der Waals surface area contributed by atoms with Crippen molar-refractivity contribution in [2.24, 2.45) is 5.73 Å². The maximum absolute atomic E-state index is 13.8. The Morgan fingerprint density at radius 1 is 1.18 bits per heavy atom. The topological polar surface area (TPSA) is 116 Å². The molecule has 28 heavy (non-hydrogen) atoms. The lowest BCUT2D eigenvalue weighted by atomic mass is 10.1. The Morgan fingerprint density at radius 3 is 2.54 bits per heavy atom. The first-order valence-corrected chi connectivity index (χ1v) is 8.26. The Balaban J connectivity index is 1.64. The van der Waals surface area contributed by atoms with Gasteiger partial charge in [0.1, 0.15) is 18.2 Å². The first-order valence-electron chi connectivity index (χ1n) is 8.26. The number of benzene rings is 2. The number of hydrogen-bond donors (Lipinski definition) is 2. The predicted octanol–water partition coefficient (Wildman–Crippen LogP) is 1.59. The number of amides is 2. The minimum atomic E-state index is -0.742. The second-order valence-electron chi connectivity index (χ2n) is 6.04. The molecule has 0 radical (unpaired) electrons. The van der Waals surface area contributed by atoms with Gasteiger partial charge >= 0.3 is 0 Å². The van der Waals surface area contributed by atoms with Gasteiger partial charge in [0, 0.05) is 22.8 Å². The van der Waals surface area contributed by atoms with Crippen LogP contribution < -0.4 is 11.1 Å². The maximum atomic E-state index is 13.8. The van der Waals surface area contributed by atoms with Crippen molar-refractivity contribution in [3.8, 4) is 11.4 Å². The van der Waals surface area contributed by atoms with Crippen molar-refractivity contribution in [3.05, 3.63) is 65.2 Å². The normalized spacial score (nSPS) is 11.8. The quantitative estimate of drug-likeness (QED) is 0.668. The van der Waals surface area contributed by atoms with Crippen molar-refractivity contribution in [1.82, 2.24) is 25.5 Å². The molecule has 1 atom stereocenters. The van der Waals surface area contributed by atoms with Crippen LogP contribution in [0.4, 0.5) is 8.78 Å². The van der Waals surface area contributed by atoms with Gasteiger partial charge in [0.15, 0.2) is 0 Å². The van der Waals surface area contributed by atoms with Gasteiger partial charge < -0.3 is 11.1 Å². The number of nitrogens with zero attached hydrogens (tertiary/aromatic N) is 4. The molecule has 0 aliphatic rings. The zero-order chi connectivity index (χ0) is 20.3. The Hall–Kier alpha value is -3.69. The van der Waals surface area contributed by atoms with Crippen LogP contribution in [-0.2, 0) is 11.3 Å². The summed E-state index contributed by atoms with van der Waals surface area (Å²) < 4.78 is 26.8. The molecular formula is C18H16F2N6O2. The van der Waals surface area contributed by atoms with E-state index in [-0.39, 0.29) is 17.9 Å². The van der Waals surface area contributed by atoms with Crippen LogP contribution in [0.15, 0.2) is 42.5 Å². The molecule has 3 rings (SSSR count). The van der Waals surface area contributed by atoms with E-state index in [0.717, 1.165) is 16.9 Å². The van der Waals surface area contributed by atoms with E-state index in [9.17, 15) is 18.4 Å². The fourth-order valence-electron chi connectivity index (χ4n) is 2.56. The lowest BCUT2D eigenvalue weighted by Crippen LogP contribution is -2.31. The standard InChI is InChI=1S/C18H16F2N6O2/c1-10(14-7-6-13(19)8-15(14)20)22-16(27)9-26-24-18(23-25-26)12-4-2-11(3-5-12)17(21)28/h2-8,10H,9H2,1H3,(H2,21,28)(H,22,27)/t10-/m0/s1. The number of carbonyl (C=O) groups excluding carboxylic acids is 2. The van der Waals surface area contributed by atoms with Crippen LogP contribution >= 0.6 is 0 Å². The predicted molar refractivity (Wildman–Crippen MR) is 94.7 cm³/mol. The number of nitrogens with two attached hydrogens (primary N) is 1. The molecule has 0 saturated heterocycles. The smallest absolute Gasteiger partial charge is 0.248 e. The molecule has 0 unspecified atom stereocenters. The Kier molecular flexibility index (Phi) is 5.39. The molecule has 10 heteroatoms. The van der Waals surface area contributed by atoms with E-state index in [0.29, 0.717) is 11.1 Å². The fraction of sp³-hybridized carbons (Fsp3) is 0.167. The summed E-state index contributed by atoms with van der Waals surface area (Å²) in [7, 11) is 0. The number of primary amides is 1. The molecule has 3 aromatic rings. The van der Waals surface area contributed by atoms with E-state index >= 15 is 0 Å². The second-order valence-corrected chi connectivity index (χ2v) is 6.04. The Morgan fingerprint density at radius 2 is 1.89 bits per heavy atom. The number of nitrogens with one attached hydrogen (secondary N) is 1. The van der Waals surface area contributed by atoms with E-state index in [1.807, 2.05) is 0 Å². The fourth-order valence-corrected chi connectivity index (χ4v) is 2.56. The van der Waals surface area contributed by atoms with E-state index in [1.165, 1.54) is 18.2 Å². The van der Waals surface area contributed by atoms with Crippen molar-refractivity contribution in [2.45, 2.75) is 19.5 Å². The number of carbonyl (C=O) groups is 2. The summed E-state index contributed by atoms with van der Waals surface area (Å²) in [6.07, 6.45) is 0. The highest BCUT2D eigenvalue weighted by Gasteiger charge is 2.16. The minimum Gasteiger partial charge on any atom is -0.366 e. The highest BCUT2D eigenvalue weighted by atomic mass is 19.1. The van der Waals surface area contributed by atoms with E-state index < -0.39 is 29.5 Å². The molecule has 3 N–H and O–H groups in total. The lowest BCUT2D eigenvalue weighted by Gasteiger charge is -2.14. The first-order chi connectivity index (χ1) is 13.3. The molecule has 0 spiro atoms. The molecule has 1 heterocycles. The van der Waals surface area contributed by atoms with Gasteiger partial charge in [-0.2, -0.15) is 4.80 Å². The van der Waals surface area contributed by atoms with E-state index in [4.69, 9.17) is 5.73 Å². The van der Waals surface area contributed by atoms with Gasteiger partial charge in [0.25, 0.3) is 0 Å². The van der Waals surface area contributed by atoms with Gasteiger partial charge in [-0.05, 0) is 30.3 Å². The monoisotopic (exact) mass is 386 g/mol. The van der Waals surface area contributed by atoms with Crippen LogP contribution in [0.2, 0.25) is 0 Å². The van der Waals surface area contributed by atoms with Gasteiger partial charge in [0.2, 0.25) is 17.6 Å². The first kappa shape index (κ1) is 19.1. The van der Waals surface area contributed by atoms with Crippen molar-refractivity contribution >= 4 is 11.8 Å². The highest BCUT2D eigenvalue weighted by Crippen LogP contribution is 2.18. The average molecular weight is 386 g/mol. The van der Waals surface area contributed by atoms with Crippen LogP contribution in [0.3, 0.4) is 0 Å². The third kappa shape index (κ3) is 4.34. The molecule has 144 valence electrons. The summed E-state index contributed by atoms with van der Waals surface area (Å²) in [6.45, 7) is 1.34. The number of halogens is 2. The Labute approximate surface area is 158 Å². The molecule has 0 saturated carbocycles. The summed E-state index contributed by atoms with van der Waals surface area (Å²) >= 11 is 0. The maximum Gasteiger partial charge on any atom is 0.248 e. The zero-order valence-electron chi connectivity index (χ0n) is 14.8. The SMILES string of the molecule is C[C@H](NC(=O)Cn1nnc(-c2ccc(C(N)=O)cc2)n1)c1ccc(F)cc1F. The Bertz CT molecular complexity index is 1020. The number of rotatable bonds is 6. The molecular weight excluding hydrogens is 370 g/mol. The van der Waals surface area contributed by atoms with Crippen LogP contribution in [-0.4, -0.2) is 32.0 Å². The molecule has 0 fully saturated rings. The molecule has 0 aliphatic heterocycles. The van der Waals surface area contributed by atoms with Gasteiger partial charge in [0.05, 0.1) is 6.04 Å². The second kappa shape index (κ2) is 7.91. The summed E-state index contributed by atoms with van der Waals surface area (Å²) in [5.74, 6) is -2.19. The van der Waals surface area contributed by atoms with Gasteiger partial charge in [-0.3, -0.25) is 9.59 Å². The molecule has 0 bridgehead atoms. The van der Waals surface area contributed by atoms with E-state index in [1.54, 1.807) is 19.1 Å². The van der Waals surface area contributed by atoms with Crippen molar-refractivity contribution in [2.75, 3.05) is 0 Å². The minimum absolute atomic E-state index is 0.163. The largest absolute Gasteiger partial charge is 0.366 e. The number of tetrazole rings is 1. The molecule has 8 nitrogen and oxygen atoms in total. The molecule has 1 aromatic heterocycles. The van der Waals surface area contributed by atoms with Gasteiger partial charge in [-0.25, -0.2) is 8.78 Å².